The topological polar surface area (TPSA) is 62.7 Å². The third-order valence-electron chi connectivity index (χ3n) is 5.53. The quantitative estimate of drug-likeness (QED) is 0.823. The number of nitrogens with one attached hydrogen (secondary N) is 2. The molecule has 27 heavy (non-hydrogen) atoms. The van der Waals surface area contributed by atoms with E-state index in [1.807, 2.05) is 5.55 Å². The Bertz CT molecular complexity index is 725. The van der Waals surface area contributed by atoms with Crippen LogP contribution in [0.3, 0.4) is 0 Å². The smallest absolute Gasteiger partial charge is 0.254 e. The molecule has 2 heterocycles. The first-order valence-electron chi connectivity index (χ1n) is 9.38. The molecule has 3 aliphatic rings. The number of hydrogen-bond donors (Lipinski definition) is 2. The second-order valence-electron chi connectivity index (χ2n) is 7.34. The lowest BCUT2D eigenvalue weighted by Crippen LogP contribution is -2.47. The standard InChI is InChI=1S/C19H23F2N3O2S/c20-11-4-5-15(21)13(6-11)19(25)23-9-18-24-12-2-1-3-16(26-18)14(7-12)17-8-22-10-27-17/h4-6,10,12,14,16-18,24H,1-3,7-9H2,(H,23,25). The number of ether oxygens (including phenoxy) is 1. The molecule has 1 aromatic carbocycles. The highest BCUT2D eigenvalue weighted by molar-refractivity contribution is 8.12. The lowest BCUT2D eigenvalue weighted by molar-refractivity contribution is -0.0498. The average molecular weight is 395 g/mol. The van der Waals surface area contributed by atoms with Crippen LogP contribution in [-0.4, -0.2) is 48.2 Å². The number of aliphatic imine (C=N–C) groups is 1. The van der Waals surface area contributed by atoms with E-state index in [-0.39, 0.29) is 24.4 Å². The molecule has 5 atom stereocenters. The average Bonchev–Trinajstić information content (AvgIpc) is 3.03. The van der Waals surface area contributed by atoms with Crippen LogP contribution in [0.4, 0.5) is 8.78 Å². The summed E-state index contributed by atoms with van der Waals surface area (Å²) in [6.07, 6.45) is 4.02. The summed E-state index contributed by atoms with van der Waals surface area (Å²) in [5.41, 5.74) is 1.64. The summed E-state index contributed by atoms with van der Waals surface area (Å²) in [5.74, 6) is -1.58. The third kappa shape index (κ3) is 4.33. The van der Waals surface area contributed by atoms with E-state index in [2.05, 4.69) is 15.6 Å². The van der Waals surface area contributed by atoms with Gasteiger partial charge in [0.2, 0.25) is 0 Å². The monoisotopic (exact) mass is 395 g/mol. The SMILES string of the molecule is O=C(NCC1NC2CCCC(O1)C(C1CN=CS1)C2)c1cc(F)ccc1F. The van der Waals surface area contributed by atoms with Crippen molar-refractivity contribution >= 4 is 23.2 Å². The van der Waals surface area contributed by atoms with Gasteiger partial charge in [0.15, 0.2) is 0 Å². The van der Waals surface area contributed by atoms with Gasteiger partial charge in [0, 0.05) is 17.2 Å². The normalized spacial score (nSPS) is 32.9. The second-order valence-corrected chi connectivity index (χ2v) is 8.42. The van der Waals surface area contributed by atoms with Crippen molar-refractivity contribution < 1.29 is 18.3 Å². The van der Waals surface area contributed by atoms with E-state index in [1.54, 1.807) is 11.8 Å². The molecule has 0 spiro atoms. The van der Waals surface area contributed by atoms with Crippen molar-refractivity contribution in [3.8, 4) is 0 Å². The Kier molecular flexibility index (Phi) is 5.75. The highest BCUT2D eigenvalue weighted by Crippen LogP contribution is 2.37. The van der Waals surface area contributed by atoms with Gasteiger partial charge in [0.25, 0.3) is 5.91 Å². The zero-order chi connectivity index (χ0) is 18.8. The molecule has 1 saturated heterocycles. The fraction of sp³-hybridized carbons (Fsp3) is 0.579. The van der Waals surface area contributed by atoms with Crippen LogP contribution < -0.4 is 10.6 Å². The van der Waals surface area contributed by atoms with Gasteiger partial charge in [-0.3, -0.25) is 15.1 Å². The van der Waals surface area contributed by atoms with Gasteiger partial charge in [-0.15, -0.1) is 11.8 Å². The number of nitrogens with zero attached hydrogens (tertiary/aromatic N) is 1. The highest BCUT2D eigenvalue weighted by atomic mass is 32.2. The molecule has 0 radical (unpaired) electrons. The van der Waals surface area contributed by atoms with E-state index < -0.39 is 17.5 Å². The van der Waals surface area contributed by atoms with Crippen molar-refractivity contribution in [3.05, 3.63) is 35.4 Å². The number of fused-ring (bicyclic) bond motifs is 3. The summed E-state index contributed by atoms with van der Waals surface area (Å²) in [6.45, 7) is 1.05. The van der Waals surface area contributed by atoms with Gasteiger partial charge in [-0.2, -0.15) is 0 Å². The van der Waals surface area contributed by atoms with Crippen LogP contribution in [0, 0.1) is 17.6 Å². The zero-order valence-corrected chi connectivity index (χ0v) is 15.7. The van der Waals surface area contributed by atoms with Crippen LogP contribution in [-0.2, 0) is 4.74 Å². The minimum absolute atomic E-state index is 0.122. The maximum absolute atomic E-state index is 13.8. The van der Waals surface area contributed by atoms with E-state index in [1.165, 1.54) is 0 Å². The Morgan fingerprint density at radius 1 is 1.37 bits per heavy atom. The second kappa shape index (κ2) is 8.24. The summed E-state index contributed by atoms with van der Waals surface area (Å²) in [7, 11) is 0. The van der Waals surface area contributed by atoms with Gasteiger partial charge in [-0.05, 0) is 43.9 Å². The Labute approximate surface area is 161 Å². The number of halogens is 2. The van der Waals surface area contributed by atoms with Crippen LogP contribution in [0.25, 0.3) is 0 Å². The van der Waals surface area contributed by atoms with Crippen LogP contribution >= 0.6 is 11.8 Å². The predicted molar refractivity (Wildman–Crippen MR) is 101 cm³/mol. The van der Waals surface area contributed by atoms with Gasteiger partial charge in [-0.1, -0.05) is 0 Å². The molecule has 146 valence electrons. The van der Waals surface area contributed by atoms with Crippen molar-refractivity contribution in [1.29, 1.82) is 0 Å². The highest BCUT2D eigenvalue weighted by Gasteiger charge is 2.40. The Morgan fingerprint density at radius 3 is 3.07 bits per heavy atom. The number of carbonyl (C=O) groups excluding carboxylic acids is 1. The molecule has 5 unspecified atom stereocenters. The number of hydrogen-bond acceptors (Lipinski definition) is 5. The van der Waals surface area contributed by atoms with Crippen LogP contribution in [0.1, 0.15) is 36.0 Å². The summed E-state index contributed by atoms with van der Waals surface area (Å²) in [4.78, 5) is 16.6. The van der Waals surface area contributed by atoms with Gasteiger partial charge >= 0.3 is 0 Å². The molecular weight excluding hydrogens is 372 g/mol. The van der Waals surface area contributed by atoms with Crippen molar-refractivity contribution in [2.24, 2.45) is 10.9 Å². The molecule has 1 aliphatic carbocycles. The van der Waals surface area contributed by atoms with E-state index in [4.69, 9.17) is 4.74 Å². The summed E-state index contributed by atoms with van der Waals surface area (Å²) >= 11 is 1.78. The minimum atomic E-state index is -0.737. The Balaban J connectivity index is 1.40. The molecule has 2 fully saturated rings. The van der Waals surface area contributed by atoms with Gasteiger partial charge in [0.05, 0.1) is 30.3 Å². The molecule has 1 aromatic rings. The van der Waals surface area contributed by atoms with Gasteiger partial charge in [-0.25, -0.2) is 8.78 Å². The van der Waals surface area contributed by atoms with Crippen molar-refractivity contribution in [1.82, 2.24) is 10.6 Å². The Hall–Kier alpha value is -1.51. The fourth-order valence-electron chi connectivity index (χ4n) is 4.21. The van der Waals surface area contributed by atoms with E-state index in [0.29, 0.717) is 17.2 Å². The van der Waals surface area contributed by atoms with Crippen molar-refractivity contribution in [2.75, 3.05) is 13.1 Å². The fourth-order valence-corrected chi connectivity index (χ4v) is 5.20. The first-order valence-corrected chi connectivity index (χ1v) is 10.3. The first kappa shape index (κ1) is 18.8. The molecule has 1 amide bonds. The summed E-state index contributed by atoms with van der Waals surface area (Å²) < 4.78 is 33.4. The van der Waals surface area contributed by atoms with Gasteiger partial charge in [0.1, 0.15) is 17.9 Å². The molecule has 8 heteroatoms. The predicted octanol–water partition coefficient (Wildman–Crippen LogP) is 2.71. The van der Waals surface area contributed by atoms with Crippen molar-refractivity contribution in [3.63, 3.8) is 0 Å². The number of benzene rings is 1. The molecular formula is C19H23F2N3O2S. The minimum Gasteiger partial charge on any atom is -0.358 e. The zero-order valence-electron chi connectivity index (χ0n) is 14.9. The number of thioether (sulfide) groups is 1. The lowest BCUT2D eigenvalue weighted by atomic mass is 9.92. The van der Waals surface area contributed by atoms with E-state index in [0.717, 1.165) is 50.4 Å². The first-order chi connectivity index (χ1) is 13.1. The summed E-state index contributed by atoms with van der Waals surface area (Å²) in [5, 5.41) is 6.60. The van der Waals surface area contributed by atoms with E-state index in [9.17, 15) is 13.6 Å². The number of amides is 1. The molecule has 4 rings (SSSR count). The summed E-state index contributed by atoms with van der Waals surface area (Å²) in [6, 6.07) is 3.19. The molecule has 2 aliphatic heterocycles. The maximum Gasteiger partial charge on any atom is 0.254 e. The number of carbonyl (C=O) groups is 1. The van der Waals surface area contributed by atoms with Crippen LogP contribution in [0.15, 0.2) is 23.2 Å². The Morgan fingerprint density at radius 2 is 2.26 bits per heavy atom. The largest absolute Gasteiger partial charge is 0.358 e. The molecule has 2 N–H and O–H groups in total. The maximum atomic E-state index is 13.8. The number of rotatable bonds is 4. The van der Waals surface area contributed by atoms with E-state index >= 15 is 0 Å². The third-order valence-corrected chi connectivity index (χ3v) is 6.65. The molecule has 2 bridgehead atoms. The van der Waals surface area contributed by atoms with Crippen LogP contribution in [0.5, 0.6) is 0 Å². The molecule has 5 nitrogen and oxygen atoms in total. The lowest BCUT2D eigenvalue weighted by Gasteiger charge is -2.30. The van der Waals surface area contributed by atoms with Crippen molar-refractivity contribution in [2.45, 2.75) is 49.3 Å². The molecule has 1 saturated carbocycles. The van der Waals surface area contributed by atoms with Gasteiger partial charge < -0.3 is 10.1 Å². The van der Waals surface area contributed by atoms with Crippen LogP contribution in [0.2, 0.25) is 0 Å². The molecule has 0 aromatic heterocycles.